The topological polar surface area (TPSA) is 31.9 Å². The van der Waals surface area contributed by atoms with Crippen LogP contribution in [0, 0.1) is 18.6 Å². The molecule has 0 radical (unpaired) electrons. The highest BCUT2D eigenvalue weighted by Gasteiger charge is 2.17. The highest BCUT2D eigenvalue weighted by atomic mass is 32.1. The number of fused-ring (bicyclic) bond motifs is 1. The number of hydrogen-bond acceptors (Lipinski definition) is 3. The first-order valence-corrected chi connectivity index (χ1v) is 7.38. The van der Waals surface area contributed by atoms with Crippen LogP contribution in [0.15, 0.2) is 24.4 Å². The molecule has 2 heterocycles. The molecule has 20 heavy (non-hydrogen) atoms. The van der Waals surface area contributed by atoms with Crippen LogP contribution in [0.25, 0.3) is 0 Å². The highest BCUT2D eigenvalue weighted by Crippen LogP contribution is 2.20. The van der Waals surface area contributed by atoms with Crippen LogP contribution in [0.1, 0.15) is 27.9 Å². The van der Waals surface area contributed by atoms with E-state index in [2.05, 4.69) is 46.9 Å². The van der Waals surface area contributed by atoms with Crippen molar-refractivity contribution in [1.29, 1.82) is 0 Å². The van der Waals surface area contributed by atoms with Gasteiger partial charge < -0.3 is 4.98 Å². The molecule has 0 spiro atoms. The van der Waals surface area contributed by atoms with E-state index in [-0.39, 0.29) is 0 Å². The summed E-state index contributed by atoms with van der Waals surface area (Å²) < 4.78 is 0.590. The summed E-state index contributed by atoms with van der Waals surface area (Å²) in [6.45, 7) is 7.35. The molecular weight excluding hydrogens is 266 g/mol. The van der Waals surface area contributed by atoms with E-state index >= 15 is 0 Å². The third-order valence-corrected chi connectivity index (χ3v) is 4.16. The zero-order valence-electron chi connectivity index (χ0n) is 11.9. The Kier molecular flexibility index (Phi) is 3.68. The minimum absolute atomic E-state index is 0.590. The lowest BCUT2D eigenvalue weighted by molar-refractivity contribution is 0.242. The van der Waals surface area contributed by atoms with Gasteiger partial charge in [0.2, 0.25) is 0 Å². The van der Waals surface area contributed by atoms with Gasteiger partial charge in [0.25, 0.3) is 0 Å². The number of aryl methyl sites for hydroxylation is 2. The molecule has 0 atom stereocenters. The van der Waals surface area contributed by atoms with Gasteiger partial charge in [-0.05, 0) is 37.2 Å². The zero-order valence-corrected chi connectivity index (χ0v) is 12.8. The molecule has 1 aromatic heterocycles. The average Bonchev–Trinajstić information content (AvgIpc) is 2.43. The summed E-state index contributed by atoms with van der Waals surface area (Å²) >= 11 is 5.08. The monoisotopic (exact) mass is 285 g/mol. The Morgan fingerprint density at radius 3 is 3.05 bits per heavy atom. The van der Waals surface area contributed by atoms with Crippen LogP contribution in [0.2, 0.25) is 0 Å². The maximum atomic E-state index is 5.08. The van der Waals surface area contributed by atoms with Gasteiger partial charge in [0.05, 0.1) is 0 Å². The van der Waals surface area contributed by atoms with Crippen molar-refractivity contribution in [2.75, 3.05) is 6.54 Å². The summed E-state index contributed by atoms with van der Waals surface area (Å²) in [5.74, 6) is 0. The first kappa shape index (κ1) is 13.5. The van der Waals surface area contributed by atoms with Crippen LogP contribution in [-0.4, -0.2) is 21.4 Å². The fourth-order valence-electron chi connectivity index (χ4n) is 2.75. The fraction of sp³-hybridized carbons (Fsp3) is 0.375. The molecule has 1 aliphatic rings. The molecular formula is C16H19N3S. The lowest BCUT2D eigenvalue weighted by Gasteiger charge is -2.28. The van der Waals surface area contributed by atoms with Gasteiger partial charge in [-0.25, -0.2) is 4.98 Å². The Morgan fingerprint density at radius 2 is 2.20 bits per heavy atom. The molecule has 104 valence electrons. The molecule has 0 amide bonds. The number of aromatic amines is 1. The Balaban J connectivity index is 1.79. The Hall–Kier alpha value is -1.52. The van der Waals surface area contributed by atoms with Gasteiger partial charge in [-0.3, -0.25) is 4.90 Å². The van der Waals surface area contributed by atoms with Crippen molar-refractivity contribution in [3.8, 4) is 0 Å². The quantitative estimate of drug-likeness (QED) is 0.859. The number of aromatic nitrogens is 2. The van der Waals surface area contributed by atoms with Gasteiger partial charge in [0.1, 0.15) is 0 Å². The van der Waals surface area contributed by atoms with Crippen LogP contribution in [-0.2, 0) is 19.5 Å². The maximum Gasteiger partial charge on any atom is 0.196 e. The van der Waals surface area contributed by atoms with Crippen LogP contribution >= 0.6 is 12.2 Å². The SMILES string of the molecule is Cc1ccc(C)c(CN2CCc3[nH]c(=S)ncc3C2)c1. The molecule has 0 aliphatic carbocycles. The van der Waals surface area contributed by atoms with E-state index in [9.17, 15) is 0 Å². The predicted octanol–water partition coefficient (Wildman–Crippen LogP) is 3.31. The van der Waals surface area contributed by atoms with Gasteiger partial charge >= 0.3 is 0 Å². The van der Waals surface area contributed by atoms with E-state index in [1.165, 1.54) is 27.9 Å². The van der Waals surface area contributed by atoms with Crippen LogP contribution in [0.4, 0.5) is 0 Å². The maximum absolute atomic E-state index is 5.08. The Morgan fingerprint density at radius 1 is 1.35 bits per heavy atom. The second-order valence-electron chi connectivity index (χ2n) is 5.58. The molecule has 0 saturated heterocycles. The molecule has 0 bridgehead atoms. The van der Waals surface area contributed by atoms with Crippen LogP contribution in [0.5, 0.6) is 0 Å². The second-order valence-corrected chi connectivity index (χ2v) is 5.97. The summed E-state index contributed by atoms with van der Waals surface area (Å²) in [5.41, 5.74) is 6.64. The molecule has 1 aliphatic heterocycles. The molecule has 1 aromatic carbocycles. The van der Waals surface area contributed by atoms with E-state index in [4.69, 9.17) is 12.2 Å². The van der Waals surface area contributed by atoms with Gasteiger partial charge in [-0.1, -0.05) is 23.8 Å². The normalized spacial score (nSPS) is 15.1. The number of H-pyrrole nitrogens is 1. The Labute approximate surface area is 124 Å². The molecule has 4 heteroatoms. The Bertz CT molecular complexity index is 690. The number of nitrogens with one attached hydrogen (secondary N) is 1. The molecule has 3 nitrogen and oxygen atoms in total. The number of rotatable bonds is 2. The number of nitrogens with zero attached hydrogens (tertiary/aromatic N) is 2. The molecule has 0 unspecified atom stereocenters. The van der Waals surface area contributed by atoms with Gasteiger partial charge in [0.15, 0.2) is 4.77 Å². The van der Waals surface area contributed by atoms with Gasteiger partial charge in [0, 0.05) is 43.5 Å². The third-order valence-electron chi connectivity index (χ3n) is 3.95. The van der Waals surface area contributed by atoms with E-state index in [1.54, 1.807) is 0 Å². The first-order valence-electron chi connectivity index (χ1n) is 6.97. The average molecular weight is 285 g/mol. The second kappa shape index (κ2) is 5.46. The molecule has 3 rings (SSSR count). The molecule has 2 aromatic rings. The standard InChI is InChI=1S/C16H19N3S/c1-11-3-4-12(2)13(7-11)9-19-6-5-15-14(10-19)8-17-16(20)18-15/h3-4,7-8H,5-6,9-10H2,1-2H3,(H,17,18,20). The lowest BCUT2D eigenvalue weighted by atomic mass is 10.0. The van der Waals surface area contributed by atoms with Crippen LogP contribution in [0.3, 0.4) is 0 Å². The van der Waals surface area contributed by atoms with Gasteiger partial charge in [-0.15, -0.1) is 0 Å². The third kappa shape index (κ3) is 2.81. The van der Waals surface area contributed by atoms with Crippen molar-refractivity contribution in [1.82, 2.24) is 14.9 Å². The molecule has 1 N–H and O–H groups in total. The minimum Gasteiger partial charge on any atom is -0.334 e. The largest absolute Gasteiger partial charge is 0.334 e. The molecule has 0 saturated carbocycles. The van der Waals surface area contributed by atoms with E-state index in [0.717, 1.165) is 26.1 Å². The first-order chi connectivity index (χ1) is 9.61. The van der Waals surface area contributed by atoms with Crippen LogP contribution < -0.4 is 0 Å². The number of hydrogen-bond donors (Lipinski definition) is 1. The van der Waals surface area contributed by atoms with Crippen molar-refractivity contribution in [3.63, 3.8) is 0 Å². The van der Waals surface area contributed by atoms with E-state index in [1.807, 2.05) is 6.20 Å². The highest BCUT2D eigenvalue weighted by molar-refractivity contribution is 7.71. The lowest BCUT2D eigenvalue weighted by Crippen LogP contribution is -2.31. The minimum atomic E-state index is 0.590. The van der Waals surface area contributed by atoms with Crippen molar-refractivity contribution < 1.29 is 0 Å². The summed E-state index contributed by atoms with van der Waals surface area (Å²) in [6.07, 6.45) is 2.94. The van der Waals surface area contributed by atoms with E-state index in [0.29, 0.717) is 4.77 Å². The van der Waals surface area contributed by atoms with Crippen molar-refractivity contribution >= 4 is 12.2 Å². The summed E-state index contributed by atoms with van der Waals surface area (Å²) in [4.78, 5) is 9.88. The smallest absolute Gasteiger partial charge is 0.196 e. The van der Waals surface area contributed by atoms with Gasteiger partial charge in [-0.2, -0.15) is 0 Å². The zero-order chi connectivity index (χ0) is 14.1. The van der Waals surface area contributed by atoms with Crippen molar-refractivity contribution in [2.24, 2.45) is 0 Å². The van der Waals surface area contributed by atoms with Crippen molar-refractivity contribution in [3.05, 3.63) is 57.1 Å². The summed E-state index contributed by atoms with van der Waals surface area (Å²) in [6, 6.07) is 6.68. The summed E-state index contributed by atoms with van der Waals surface area (Å²) in [5, 5.41) is 0. The fourth-order valence-corrected chi connectivity index (χ4v) is 2.93. The van der Waals surface area contributed by atoms with Crippen molar-refractivity contribution in [2.45, 2.75) is 33.4 Å². The molecule has 0 fully saturated rings. The summed E-state index contributed by atoms with van der Waals surface area (Å²) in [7, 11) is 0. The predicted molar refractivity (Wildman–Crippen MR) is 83.2 cm³/mol. The van der Waals surface area contributed by atoms with E-state index < -0.39 is 0 Å². The number of benzene rings is 1.